The average Bonchev–Trinajstić information content (AvgIpc) is 1.97. The standard InChI is InChI=1S/C8H19O2Si.ClH.Mg/c1-5-7-9-11(3,4)10-8-6-2;;/h3,5-8H2,1-2,4H3;1H;/q-1;;+2/p-1. The van der Waals surface area contributed by atoms with Gasteiger partial charge in [0, 0.05) is 13.2 Å². The summed E-state index contributed by atoms with van der Waals surface area (Å²) >= 11 is 0. The molecule has 0 N–H and O–H groups in total. The minimum absolute atomic E-state index is 0. The normalized spacial score (nSPS) is 10.2. The van der Waals surface area contributed by atoms with E-state index in [0.29, 0.717) is 0 Å². The fourth-order valence-corrected chi connectivity index (χ4v) is 2.03. The molecule has 0 bridgehead atoms. The minimum Gasteiger partial charge on any atom is -1.00 e. The van der Waals surface area contributed by atoms with Crippen LogP contribution in [0.3, 0.4) is 0 Å². The first-order chi connectivity index (χ1) is 5.12. The Morgan fingerprint density at radius 1 is 1.08 bits per heavy atom. The van der Waals surface area contributed by atoms with Gasteiger partial charge in [-0.3, -0.25) is 6.55 Å². The molecule has 0 rings (SSSR count). The third-order valence-corrected chi connectivity index (χ3v) is 2.85. The Bertz CT molecular complexity index is 94.1. The monoisotopic (exact) mass is 234 g/mol. The molecule has 5 heteroatoms. The smallest absolute Gasteiger partial charge is 1.00 e. The molecule has 0 aliphatic heterocycles. The Kier molecular flexibility index (Phi) is 17.1. The molecule has 0 amide bonds. The second kappa shape index (κ2) is 11.3. The van der Waals surface area contributed by atoms with Gasteiger partial charge in [0.15, 0.2) is 8.56 Å². The number of hydrogen-bond acceptors (Lipinski definition) is 2. The summed E-state index contributed by atoms with van der Waals surface area (Å²) in [4.78, 5) is 0. The summed E-state index contributed by atoms with van der Waals surface area (Å²) in [5.74, 6) is 0. The van der Waals surface area contributed by atoms with Gasteiger partial charge in [0.25, 0.3) is 0 Å². The van der Waals surface area contributed by atoms with Crippen LogP contribution in [0.4, 0.5) is 0 Å². The van der Waals surface area contributed by atoms with Gasteiger partial charge >= 0.3 is 23.1 Å². The fourth-order valence-electron chi connectivity index (χ4n) is 0.678. The molecule has 0 heterocycles. The van der Waals surface area contributed by atoms with Gasteiger partial charge in [-0.05, 0) is 19.4 Å². The maximum atomic E-state index is 5.49. The van der Waals surface area contributed by atoms with Gasteiger partial charge < -0.3 is 21.3 Å². The van der Waals surface area contributed by atoms with Crippen molar-refractivity contribution in [2.45, 2.75) is 33.2 Å². The fraction of sp³-hybridized carbons (Fsp3) is 0.875. The van der Waals surface area contributed by atoms with E-state index >= 15 is 0 Å². The minimum atomic E-state index is -2.00. The molecule has 0 aliphatic carbocycles. The van der Waals surface area contributed by atoms with Gasteiger partial charge in [-0.1, -0.05) is 13.8 Å². The molecule has 0 spiro atoms. The van der Waals surface area contributed by atoms with E-state index in [0.717, 1.165) is 26.1 Å². The Morgan fingerprint density at radius 2 is 1.38 bits per heavy atom. The van der Waals surface area contributed by atoms with E-state index in [1.165, 1.54) is 0 Å². The van der Waals surface area contributed by atoms with Crippen LogP contribution in [0.5, 0.6) is 0 Å². The van der Waals surface area contributed by atoms with E-state index < -0.39 is 8.56 Å². The van der Waals surface area contributed by atoms with Crippen LogP contribution in [0.15, 0.2) is 0 Å². The Hall–Kier alpha value is 1.19. The van der Waals surface area contributed by atoms with Crippen molar-refractivity contribution in [1.29, 1.82) is 0 Å². The molecule has 0 aromatic rings. The molecule has 2 nitrogen and oxygen atoms in total. The van der Waals surface area contributed by atoms with Crippen molar-refractivity contribution in [3.8, 4) is 0 Å². The van der Waals surface area contributed by atoms with E-state index in [-0.39, 0.29) is 35.5 Å². The molecule has 0 unspecified atom stereocenters. The molecular weight excluding hydrogens is 216 g/mol. The molecule has 0 aliphatic rings. The maximum Gasteiger partial charge on any atom is 2.00 e. The van der Waals surface area contributed by atoms with Crippen molar-refractivity contribution in [3.63, 3.8) is 0 Å². The summed E-state index contributed by atoms with van der Waals surface area (Å²) < 4.78 is 11.0. The van der Waals surface area contributed by atoms with Gasteiger partial charge in [0.05, 0.1) is 0 Å². The van der Waals surface area contributed by atoms with Crippen LogP contribution in [0.25, 0.3) is 0 Å². The average molecular weight is 235 g/mol. The second-order valence-corrected chi connectivity index (χ2v) is 5.68. The molecule has 0 saturated heterocycles. The second-order valence-electron chi connectivity index (χ2n) is 2.83. The summed E-state index contributed by atoms with van der Waals surface area (Å²) in [5, 5.41) is 0. The van der Waals surface area contributed by atoms with Crippen molar-refractivity contribution in [2.75, 3.05) is 13.2 Å². The SMILES string of the molecule is [CH2-][Si](C)(OCCC)OCCC.[Cl-].[Mg+2]. The third kappa shape index (κ3) is 13.2. The molecule has 0 saturated carbocycles. The third-order valence-electron chi connectivity index (χ3n) is 1.22. The summed E-state index contributed by atoms with van der Waals surface area (Å²) in [5.41, 5.74) is 0. The largest absolute Gasteiger partial charge is 2.00 e. The van der Waals surface area contributed by atoms with Crippen LogP contribution in [0.2, 0.25) is 6.55 Å². The van der Waals surface area contributed by atoms with Crippen molar-refractivity contribution >= 4 is 31.6 Å². The zero-order valence-electron chi connectivity index (χ0n) is 8.94. The van der Waals surface area contributed by atoms with E-state index in [1.54, 1.807) is 0 Å². The predicted molar refractivity (Wildman–Crippen MR) is 55.2 cm³/mol. The van der Waals surface area contributed by atoms with Crippen molar-refractivity contribution in [1.82, 2.24) is 0 Å². The number of halogens is 1. The van der Waals surface area contributed by atoms with Crippen molar-refractivity contribution in [3.05, 3.63) is 6.55 Å². The summed E-state index contributed by atoms with van der Waals surface area (Å²) in [6, 6.07) is 0. The molecular formula is C8H19ClMgO2Si. The summed E-state index contributed by atoms with van der Waals surface area (Å²) in [7, 11) is -2.00. The van der Waals surface area contributed by atoms with Crippen LogP contribution in [0, 0.1) is 6.55 Å². The Balaban J connectivity index is -0.000000500. The van der Waals surface area contributed by atoms with Gasteiger partial charge in [-0.2, -0.15) is 0 Å². The topological polar surface area (TPSA) is 18.5 Å². The molecule has 0 aromatic heterocycles. The Morgan fingerprint density at radius 3 is 1.62 bits per heavy atom. The van der Waals surface area contributed by atoms with Gasteiger partial charge in [0.2, 0.25) is 0 Å². The first-order valence-electron chi connectivity index (χ1n) is 4.25. The first kappa shape index (κ1) is 19.7. The van der Waals surface area contributed by atoms with E-state index in [4.69, 9.17) is 8.85 Å². The van der Waals surface area contributed by atoms with Crippen molar-refractivity contribution in [2.24, 2.45) is 0 Å². The molecule has 0 aromatic carbocycles. The van der Waals surface area contributed by atoms with E-state index in [1.807, 2.05) is 6.55 Å². The van der Waals surface area contributed by atoms with Crippen LogP contribution >= 0.6 is 0 Å². The van der Waals surface area contributed by atoms with E-state index in [9.17, 15) is 0 Å². The van der Waals surface area contributed by atoms with Gasteiger partial charge in [0.1, 0.15) is 0 Å². The number of hydrogen-bond donors (Lipinski definition) is 0. The van der Waals surface area contributed by atoms with E-state index in [2.05, 4.69) is 20.4 Å². The zero-order chi connectivity index (χ0) is 8.74. The Labute approximate surface area is 106 Å². The molecule has 0 atom stereocenters. The van der Waals surface area contributed by atoms with Crippen LogP contribution in [-0.2, 0) is 8.85 Å². The quantitative estimate of drug-likeness (QED) is 0.430. The van der Waals surface area contributed by atoms with Gasteiger partial charge in [-0.25, -0.2) is 0 Å². The maximum absolute atomic E-state index is 5.49. The van der Waals surface area contributed by atoms with Crippen LogP contribution in [0.1, 0.15) is 26.7 Å². The van der Waals surface area contributed by atoms with Crippen LogP contribution < -0.4 is 12.4 Å². The number of rotatable bonds is 6. The van der Waals surface area contributed by atoms with Crippen LogP contribution in [-0.4, -0.2) is 44.8 Å². The van der Waals surface area contributed by atoms with Crippen molar-refractivity contribution < 1.29 is 21.3 Å². The predicted octanol–water partition coefficient (Wildman–Crippen LogP) is -1.09. The zero-order valence-corrected chi connectivity index (χ0v) is 12.1. The summed E-state index contributed by atoms with van der Waals surface area (Å²) in [6.07, 6.45) is 2.07. The van der Waals surface area contributed by atoms with Gasteiger partial charge in [-0.15, -0.1) is 0 Å². The molecule has 0 fully saturated rings. The summed E-state index contributed by atoms with van der Waals surface area (Å²) in [6.45, 7) is 11.6. The molecule has 13 heavy (non-hydrogen) atoms. The molecule has 76 valence electrons. The molecule has 0 radical (unpaired) electrons. The first-order valence-corrected chi connectivity index (χ1v) is 6.78.